The summed E-state index contributed by atoms with van der Waals surface area (Å²) in [6.45, 7) is 2.48. The molecule has 1 aromatic carbocycles. The van der Waals surface area contributed by atoms with Crippen LogP contribution in [0.3, 0.4) is 0 Å². The zero-order chi connectivity index (χ0) is 16.1. The van der Waals surface area contributed by atoms with E-state index < -0.39 is 0 Å². The van der Waals surface area contributed by atoms with Crippen LogP contribution in [0.15, 0.2) is 24.3 Å². The minimum atomic E-state index is -0.0273. The third kappa shape index (κ3) is 4.11. The number of piperidine rings is 1. The summed E-state index contributed by atoms with van der Waals surface area (Å²) in [6, 6.07) is 8.00. The summed E-state index contributed by atoms with van der Waals surface area (Å²) in [6.07, 6.45) is 1.78. The van der Waals surface area contributed by atoms with Gasteiger partial charge >= 0.3 is 6.03 Å². The van der Waals surface area contributed by atoms with E-state index in [2.05, 4.69) is 10.3 Å². The quantitative estimate of drug-likeness (QED) is 0.853. The van der Waals surface area contributed by atoms with E-state index in [4.69, 9.17) is 9.47 Å². The van der Waals surface area contributed by atoms with Gasteiger partial charge in [-0.1, -0.05) is 23.5 Å². The number of hydrogen-bond acceptors (Lipinski definition) is 5. The Morgan fingerprint density at radius 3 is 2.91 bits per heavy atom. The lowest BCUT2D eigenvalue weighted by Gasteiger charge is -2.31. The average molecular weight is 335 g/mol. The van der Waals surface area contributed by atoms with Crippen LogP contribution in [-0.4, -0.2) is 55.4 Å². The molecule has 2 heterocycles. The highest BCUT2D eigenvalue weighted by Crippen LogP contribution is 2.29. The molecule has 0 spiro atoms. The SMILES string of the molecule is COCCNC(=O)N1CCC(Oc2nc3ccccc3s2)CC1. The molecular weight excluding hydrogens is 314 g/mol. The molecule has 0 aliphatic carbocycles. The number of nitrogens with one attached hydrogen (secondary N) is 1. The number of amides is 2. The molecule has 2 amide bonds. The van der Waals surface area contributed by atoms with Gasteiger partial charge in [0, 0.05) is 39.6 Å². The lowest BCUT2D eigenvalue weighted by Crippen LogP contribution is -2.47. The minimum Gasteiger partial charge on any atom is -0.467 e. The van der Waals surface area contributed by atoms with Gasteiger partial charge in [-0.2, -0.15) is 0 Å². The Kier molecular flexibility index (Phi) is 5.30. The summed E-state index contributed by atoms with van der Waals surface area (Å²) in [7, 11) is 1.62. The van der Waals surface area contributed by atoms with Gasteiger partial charge in [0.1, 0.15) is 6.10 Å². The fourth-order valence-corrected chi connectivity index (χ4v) is 3.47. The Hall–Kier alpha value is -1.86. The molecule has 1 fully saturated rings. The first-order valence-electron chi connectivity index (χ1n) is 7.80. The molecule has 124 valence electrons. The lowest BCUT2D eigenvalue weighted by molar-refractivity contribution is 0.109. The third-order valence-corrected chi connectivity index (χ3v) is 4.78. The van der Waals surface area contributed by atoms with Crippen LogP contribution in [0.25, 0.3) is 10.2 Å². The second kappa shape index (κ2) is 7.61. The first-order valence-corrected chi connectivity index (χ1v) is 8.62. The zero-order valence-corrected chi connectivity index (χ0v) is 14.0. The Labute approximate surface area is 139 Å². The predicted molar refractivity (Wildman–Crippen MR) is 90.1 cm³/mol. The summed E-state index contributed by atoms with van der Waals surface area (Å²) in [5.41, 5.74) is 0.974. The number of thiazole rings is 1. The Morgan fingerprint density at radius 1 is 1.39 bits per heavy atom. The molecule has 0 saturated carbocycles. The van der Waals surface area contributed by atoms with Crippen molar-refractivity contribution in [3.8, 4) is 5.19 Å². The van der Waals surface area contributed by atoms with E-state index in [1.165, 1.54) is 0 Å². The lowest BCUT2D eigenvalue weighted by atomic mass is 10.1. The van der Waals surface area contributed by atoms with Gasteiger partial charge in [-0.15, -0.1) is 0 Å². The van der Waals surface area contributed by atoms with Crippen LogP contribution in [-0.2, 0) is 4.74 Å². The third-order valence-electron chi connectivity index (χ3n) is 3.85. The number of benzene rings is 1. The summed E-state index contributed by atoms with van der Waals surface area (Å²) in [4.78, 5) is 18.3. The zero-order valence-electron chi connectivity index (χ0n) is 13.2. The molecular formula is C16H21N3O3S. The molecule has 0 atom stereocenters. The molecule has 1 aliphatic heterocycles. The topological polar surface area (TPSA) is 63.7 Å². The van der Waals surface area contributed by atoms with Gasteiger partial charge in [0.25, 0.3) is 5.19 Å². The van der Waals surface area contributed by atoms with Crippen molar-refractivity contribution in [3.05, 3.63) is 24.3 Å². The van der Waals surface area contributed by atoms with Crippen LogP contribution < -0.4 is 10.1 Å². The van der Waals surface area contributed by atoms with Crippen molar-refractivity contribution in [1.82, 2.24) is 15.2 Å². The second-order valence-electron chi connectivity index (χ2n) is 5.48. The fourth-order valence-electron chi connectivity index (χ4n) is 2.59. The normalized spacial score (nSPS) is 15.8. The van der Waals surface area contributed by atoms with Crippen molar-refractivity contribution in [1.29, 1.82) is 0 Å². The van der Waals surface area contributed by atoms with E-state index in [-0.39, 0.29) is 12.1 Å². The largest absolute Gasteiger partial charge is 0.467 e. The van der Waals surface area contributed by atoms with E-state index in [9.17, 15) is 4.79 Å². The number of methoxy groups -OCH3 is 1. The number of carbonyl (C=O) groups excluding carboxylic acids is 1. The molecule has 0 radical (unpaired) electrons. The predicted octanol–water partition coefficient (Wildman–Crippen LogP) is 2.50. The summed E-state index contributed by atoms with van der Waals surface area (Å²) in [5.74, 6) is 0. The van der Waals surface area contributed by atoms with Gasteiger partial charge in [-0.25, -0.2) is 9.78 Å². The van der Waals surface area contributed by atoms with Crippen molar-refractivity contribution in [2.75, 3.05) is 33.4 Å². The summed E-state index contributed by atoms with van der Waals surface area (Å²) >= 11 is 1.57. The Balaban J connectivity index is 1.48. The van der Waals surface area contributed by atoms with Gasteiger partial charge < -0.3 is 19.7 Å². The van der Waals surface area contributed by atoms with Crippen LogP contribution in [0, 0.1) is 0 Å². The van der Waals surface area contributed by atoms with Crippen molar-refractivity contribution >= 4 is 27.6 Å². The van der Waals surface area contributed by atoms with Crippen molar-refractivity contribution < 1.29 is 14.3 Å². The average Bonchev–Trinajstić information content (AvgIpc) is 2.98. The number of para-hydroxylation sites is 1. The molecule has 1 aliphatic rings. The highest BCUT2D eigenvalue weighted by molar-refractivity contribution is 7.20. The van der Waals surface area contributed by atoms with E-state index in [1.54, 1.807) is 18.4 Å². The monoisotopic (exact) mass is 335 g/mol. The molecule has 2 aromatic rings. The number of fused-ring (bicyclic) bond motifs is 1. The molecule has 0 unspecified atom stereocenters. The molecule has 23 heavy (non-hydrogen) atoms. The van der Waals surface area contributed by atoms with E-state index >= 15 is 0 Å². The maximum Gasteiger partial charge on any atom is 0.317 e. The minimum absolute atomic E-state index is 0.0273. The first-order chi connectivity index (χ1) is 11.3. The smallest absolute Gasteiger partial charge is 0.317 e. The van der Waals surface area contributed by atoms with Crippen LogP contribution in [0.4, 0.5) is 4.79 Å². The first kappa shape index (κ1) is 16.0. The maximum absolute atomic E-state index is 12.0. The number of likely N-dealkylation sites (tertiary alicyclic amines) is 1. The highest BCUT2D eigenvalue weighted by atomic mass is 32.1. The molecule has 1 N–H and O–H groups in total. The van der Waals surface area contributed by atoms with E-state index in [0.29, 0.717) is 31.4 Å². The Morgan fingerprint density at radius 2 is 2.17 bits per heavy atom. The van der Waals surface area contributed by atoms with E-state index in [0.717, 1.165) is 23.1 Å². The van der Waals surface area contributed by atoms with E-state index in [1.807, 2.05) is 29.2 Å². The molecule has 0 bridgehead atoms. The maximum atomic E-state index is 12.0. The van der Waals surface area contributed by atoms with Crippen molar-refractivity contribution in [2.24, 2.45) is 0 Å². The highest BCUT2D eigenvalue weighted by Gasteiger charge is 2.24. The number of urea groups is 1. The number of hydrogen-bond donors (Lipinski definition) is 1. The molecule has 6 nitrogen and oxygen atoms in total. The Bertz CT molecular complexity index is 620. The van der Waals surface area contributed by atoms with Gasteiger partial charge in [0.05, 0.1) is 16.8 Å². The standard InChI is InChI=1S/C16H21N3O3S/c1-21-11-8-17-15(20)19-9-6-12(7-10-19)22-16-18-13-4-2-3-5-14(13)23-16/h2-5,12H,6-11H2,1H3,(H,17,20). The van der Waals surface area contributed by atoms with Gasteiger partial charge in [-0.3, -0.25) is 0 Å². The van der Waals surface area contributed by atoms with Crippen LogP contribution in [0.1, 0.15) is 12.8 Å². The van der Waals surface area contributed by atoms with Crippen LogP contribution >= 0.6 is 11.3 Å². The van der Waals surface area contributed by atoms with Crippen molar-refractivity contribution in [2.45, 2.75) is 18.9 Å². The van der Waals surface area contributed by atoms with Gasteiger partial charge in [-0.05, 0) is 12.1 Å². The molecule has 1 aromatic heterocycles. The molecule has 1 saturated heterocycles. The van der Waals surface area contributed by atoms with Gasteiger partial charge in [0.2, 0.25) is 0 Å². The second-order valence-corrected chi connectivity index (χ2v) is 6.47. The number of nitrogens with zero attached hydrogens (tertiary/aromatic N) is 2. The fraction of sp³-hybridized carbons (Fsp3) is 0.500. The number of ether oxygens (including phenoxy) is 2. The summed E-state index contributed by atoms with van der Waals surface area (Å²) < 4.78 is 12.1. The van der Waals surface area contributed by atoms with Gasteiger partial charge in [0.15, 0.2) is 0 Å². The number of aromatic nitrogens is 1. The number of rotatable bonds is 5. The molecule has 3 rings (SSSR count). The number of carbonyl (C=O) groups is 1. The van der Waals surface area contributed by atoms with Crippen molar-refractivity contribution in [3.63, 3.8) is 0 Å². The molecule has 7 heteroatoms. The van der Waals surface area contributed by atoms with Crippen LogP contribution in [0.5, 0.6) is 5.19 Å². The summed E-state index contributed by atoms with van der Waals surface area (Å²) in [5, 5.41) is 3.56. The van der Waals surface area contributed by atoms with Crippen LogP contribution in [0.2, 0.25) is 0 Å².